The van der Waals surface area contributed by atoms with Crippen LogP contribution in [0.4, 0.5) is 5.69 Å². The molecule has 0 unspecified atom stereocenters. The summed E-state index contributed by atoms with van der Waals surface area (Å²) < 4.78 is 0. The molecule has 3 aromatic carbocycles. The fourth-order valence-electron chi connectivity index (χ4n) is 3.37. The van der Waals surface area contributed by atoms with Gasteiger partial charge in [-0.3, -0.25) is 24.5 Å². The van der Waals surface area contributed by atoms with Gasteiger partial charge in [0.2, 0.25) is 0 Å². The number of hydrogen-bond acceptors (Lipinski definition) is 7. The number of H-pyrrole nitrogens is 1. The zero-order valence-electron chi connectivity index (χ0n) is 18.0. The van der Waals surface area contributed by atoms with Crippen LogP contribution in [0.25, 0.3) is 10.8 Å². The number of nitro groups is 1. The summed E-state index contributed by atoms with van der Waals surface area (Å²) in [5.41, 5.74) is 2.58. The van der Waals surface area contributed by atoms with E-state index in [0.29, 0.717) is 21.9 Å². The SMILES string of the molecule is O=C(N[C@H](C(=O)N/N=C/c1cccc([N+](=O)[O-])c1)c1n[nH]c(=O)c2ccccc12)c1ccccc1. The molecule has 4 rings (SSSR count). The van der Waals surface area contributed by atoms with E-state index < -0.39 is 28.3 Å². The zero-order valence-corrected chi connectivity index (χ0v) is 18.0. The van der Waals surface area contributed by atoms with Crippen LogP contribution in [0.2, 0.25) is 0 Å². The van der Waals surface area contributed by atoms with Crippen LogP contribution in [0.3, 0.4) is 0 Å². The Bertz CT molecular complexity index is 1500. The summed E-state index contributed by atoms with van der Waals surface area (Å²) in [6.07, 6.45) is 1.24. The van der Waals surface area contributed by atoms with Crippen molar-refractivity contribution in [1.82, 2.24) is 20.9 Å². The van der Waals surface area contributed by atoms with E-state index in [4.69, 9.17) is 0 Å². The average molecular weight is 470 g/mol. The number of nitrogens with zero attached hydrogens (tertiary/aromatic N) is 3. The Balaban J connectivity index is 1.65. The van der Waals surface area contributed by atoms with Gasteiger partial charge in [0.05, 0.1) is 16.5 Å². The van der Waals surface area contributed by atoms with Gasteiger partial charge in [-0.1, -0.05) is 48.5 Å². The van der Waals surface area contributed by atoms with E-state index in [-0.39, 0.29) is 11.4 Å². The van der Waals surface area contributed by atoms with Gasteiger partial charge in [-0.25, -0.2) is 10.5 Å². The van der Waals surface area contributed by atoms with Crippen molar-refractivity contribution >= 4 is 34.5 Å². The van der Waals surface area contributed by atoms with E-state index in [0.717, 1.165) is 0 Å². The topological polar surface area (TPSA) is 159 Å². The molecule has 0 saturated heterocycles. The summed E-state index contributed by atoms with van der Waals surface area (Å²) in [4.78, 5) is 48.6. The van der Waals surface area contributed by atoms with Gasteiger partial charge in [-0.15, -0.1) is 0 Å². The Labute approximate surface area is 197 Å². The highest BCUT2D eigenvalue weighted by Gasteiger charge is 2.27. The molecule has 1 heterocycles. The minimum absolute atomic E-state index is 0.118. The maximum absolute atomic E-state index is 13.1. The number of carbonyl (C=O) groups is 2. The Hall–Kier alpha value is -5.19. The molecule has 0 bridgehead atoms. The molecule has 0 radical (unpaired) electrons. The first-order valence-electron chi connectivity index (χ1n) is 10.3. The van der Waals surface area contributed by atoms with Gasteiger partial charge in [0.1, 0.15) is 5.69 Å². The third kappa shape index (κ3) is 5.25. The molecular formula is C24H18N6O5. The molecule has 3 N–H and O–H groups in total. The fraction of sp³-hybridized carbons (Fsp3) is 0.0417. The van der Waals surface area contributed by atoms with Gasteiger partial charge < -0.3 is 5.32 Å². The predicted octanol–water partition coefficient (Wildman–Crippen LogP) is 2.45. The number of hydrogen-bond donors (Lipinski definition) is 3. The van der Waals surface area contributed by atoms with Crippen molar-refractivity contribution in [3.63, 3.8) is 0 Å². The fourth-order valence-corrected chi connectivity index (χ4v) is 3.37. The highest BCUT2D eigenvalue weighted by molar-refractivity contribution is 5.99. The van der Waals surface area contributed by atoms with Crippen LogP contribution in [0.1, 0.15) is 27.7 Å². The third-order valence-electron chi connectivity index (χ3n) is 5.04. The number of fused-ring (bicyclic) bond motifs is 1. The van der Waals surface area contributed by atoms with Crippen molar-refractivity contribution in [3.05, 3.63) is 116 Å². The highest BCUT2D eigenvalue weighted by Crippen LogP contribution is 2.20. The van der Waals surface area contributed by atoms with E-state index in [1.165, 1.54) is 24.4 Å². The Kier molecular flexibility index (Phi) is 6.68. The number of nitrogens with one attached hydrogen (secondary N) is 3. The van der Waals surface area contributed by atoms with Crippen molar-refractivity contribution in [2.75, 3.05) is 0 Å². The monoisotopic (exact) mass is 470 g/mol. The number of hydrazone groups is 1. The first kappa shape index (κ1) is 23.0. The highest BCUT2D eigenvalue weighted by atomic mass is 16.6. The molecule has 0 aliphatic carbocycles. The summed E-state index contributed by atoms with van der Waals surface area (Å²) in [5, 5.41) is 24.5. The maximum Gasteiger partial charge on any atom is 0.272 e. The lowest BCUT2D eigenvalue weighted by molar-refractivity contribution is -0.384. The number of amides is 2. The summed E-state index contributed by atoms with van der Waals surface area (Å²) >= 11 is 0. The van der Waals surface area contributed by atoms with Gasteiger partial charge >= 0.3 is 0 Å². The average Bonchev–Trinajstić information content (AvgIpc) is 2.88. The van der Waals surface area contributed by atoms with Crippen LogP contribution in [0.5, 0.6) is 0 Å². The van der Waals surface area contributed by atoms with Gasteiger partial charge in [-0.2, -0.15) is 10.2 Å². The third-order valence-corrected chi connectivity index (χ3v) is 5.04. The number of benzene rings is 3. The number of aromatic nitrogens is 2. The number of carbonyl (C=O) groups excluding carboxylic acids is 2. The minimum atomic E-state index is -1.31. The summed E-state index contributed by atoms with van der Waals surface area (Å²) in [6, 6.07) is 19.2. The molecule has 1 atom stereocenters. The van der Waals surface area contributed by atoms with E-state index in [9.17, 15) is 24.5 Å². The lowest BCUT2D eigenvalue weighted by Crippen LogP contribution is -2.40. The normalized spacial score (nSPS) is 11.8. The van der Waals surface area contributed by atoms with Crippen LogP contribution < -0.4 is 16.3 Å². The lowest BCUT2D eigenvalue weighted by Gasteiger charge is -2.18. The molecule has 1 aromatic heterocycles. The number of nitro benzene ring substituents is 1. The molecule has 0 aliphatic heterocycles. The second-order valence-corrected chi connectivity index (χ2v) is 7.34. The van der Waals surface area contributed by atoms with E-state index >= 15 is 0 Å². The number of non-ortho nitro benzene ring substituents is 1. The molecule has 4 aromatic rings. The lowest BCUT2D eigenvalue weighted by atomic mass is 10.0. The molecule has 11 nitrogen and oxygen atoms in total. The zero-order chi connectivity index (χ0) is 24.8. The number of rotatable bonds is 7. The van der Waals surface area contributed by atoms with Gasteiger partial charge in [0, 0.05) is 28.6 Å². The maximum atomic E-state index is 13.1. The van der Waals surface area contributed by atoms with Crippen LogP contribution in [0, 0.1) is 10.1 Å². The summed E-state index contributed by atoms with van der Waals surface area (Å²) in [5.74, 6) is -1.27. The summed E-state index contributed by atoms with van der Waals surface area (Å²) in [6.45, 7) is 0. The standard InChI is InChI=1S/C24H18N6O5/c31-22(16-8-2-1-3-9-16)26-21(20-18-11-4-5-12-19(18)23(32)29-27-20)24(33)28-25-14-15-7-6-10-17(13-15)30(34)35/h1-14,21H,(H,26,31)(H,28,33)(H,29,32)/b25-14+/t21-/m0/s1. The Morgan fingerprint density at radius 3 is 2.46 bits per heavy atom. The van der Waals surface area contributed by atoms with Gasteiger partial charge in [-0.05, 0) is 18.2 Å². The van der Waals surface area contributed by atoms with Crippen molar-refractivity contribution in [1.29, 1.82) is 0 Å². The minimum Gasteiger partial charge on any atom is -0.335 e. The van der Waals surface area contributed by atoms with Crippen molar-refractivity contribution in [3.8, 4) is 0 Å². The smallest absolute Gasteiger partial charge is 0.272 e. The van der Waals surface area contributed by atoms with Crippen molar-refractivity contribution in [2.24, 2.45) is 5.10 Å². The molecule has 174 valence electrons. The molecule has 11 heteroatoms. The van der Waals surface area contributed by atoms with E-state index in [1.807, 2.05) is 0 Å². The molecule has 0 spiro atoms. The quantitative estimate of drug-likeness (QED) is 0.214. The molecule has 0 saturated carbocycles. The molecular weight excluding hydrogens is 452 g/mol. The van der Waals surface area contributed by atoms with Crippen molar-refractivity contribution in [2.45, 2.75) is 6.04 Å². The predicted molar refractivity (Wildman–Crippen MR) is 128 cm³/mol. The van der Waals surface area contributed by atoms with E-state index in [1.54, 1.807) is 60.7 Å². The van der Waals surface area contributed by atoms with Crippen LogP contribution >= 0.6 is 0 Å². The summed E-state index contributed by atoms with van der Waals surface area (Å²) in [7, 11) is 0. The second-order valence-electron chi connectivity index (χ2n) is 7.34. The van der Waals surface area contributed by atoms with Gasteiger partial charge in [0.25, 0.3) is 23.1 Å². The Morgan fingerprint density at radius 2 is 1.71 bits per heavy atom. The van der Waals surface area contributed by atoms with Crippen LogP contribution in [0.15, 0.2) is 88.8 Å². The van der Waals surface area contributed by atoms with Crippen LogP contribution in [-0.2, 0) is 4.79 Å². The van der Waals surface area contributed by atoms with Crippen LogP contribution in [-0.4, -0.2) is 33.1 Å². The van der Waals surface area contributed by atoms with Crippen molar-refractivity contribution < 1.29 is 14.5 Å². The number of aromatic amines is 1. The Morgan fingerprint density at radius 1 is 1.00 bits per heavy atom. The molecule has 0 fully saturated rings. The molecule has 35 heavy (non-hydrogen) atoms. The largest absolute Gasteiger partial charge is 0.335 e. The first-order chi connectivity index (χ1) is 16.9. The van der Waals surface area contributed by atoms with E-state index in [2.05, 4.69) is 26.0 Å². The molecule has 0 aliphatic rings. The molecule has 2 amide bonds. The second kappa shape index (κ2) is 10.2. The first-order valence-corrected chi connectivity index (χ1v) is 10.3. The van der Waals surface area contributed by atoms with Gasteiger partial charge in [0.15, 0.2) is 6.04 Å².